The van der Waals surface area contributed by atoms with Crippen molar-refractivity contribution in [3.63, 3.8) is 0 Å². The molecule has 0 aliphatic heterocycles. The maximum Gasteiger partial charge on any atom is 0.181 e. The molecule has 0 amide bonds. The molecular weight excluding hydrogens is 174 g/mol. The van der Waals surface area contributed by atoms with E-state index in [-0.39, 0.29) is 7.43 Å². The summed E-state index contributed by atoms with van der Waals surface area (Å²) in [5.41, 5.74) is 1.08. The van der Waals surface area contributed by atoms with Crippen molar-refractivity contribution in [2.75, 3.05) is 0 Å². The zero-order valence-electron chi connectivity index (χ0n) is 6.94. The van der Waals surface area contributed by atoms with Crippen LogP contribution in [-0.2, 0) is 6.42 Å². The second-order valence-electron chi connectivity index (χ2n) is 2.04. The molecule has 0 N–H and O–H groups in total. The van der Waals surface area contributed by atoms with Gasteiger partial charge in [-0.05, 0) is 5.56 Å². The molecule has 0 spiro atoms. The van der Waals surface area contributed by atoms with Gasteiger partial charge in [0.1, 0.15) is 0 Å². The lowest BCUT2D eigenvalue weighted by atomic mass is 10.2. The lowest BCUT2D eigenvalue weighted by Gasteiger charge is -1.88. The summed E-state index contributed by atoms with van der Waals surface area (Å²) in [4.78, 5) is 0. The lowest BCUT2D eigenvalue weighted by Crippen LogP contribution is -1.76. The molecular formula is C11H11N3. The van der Waals surface area contributed by atoms with E-state index in [1.807, 2.05) is 30.3 Å². The zero-order chi connectivity index (χ0) is 9.94. The Morgan fingerprint density at radius 3 is 1.79 bits per heavy atom. The first-order valence-corrected chi connectivity index (χ1v) is 3.54. The summed E-state index contributed by atoms with van der Waals surface area (Å²) in [5.74, 6) is 0. The number of benzene rings is 1. The third kappa shape index (κ3) is 7.79. The van der Waals surface area contributed by atoms with Crippen molar-refractivity contribution in [1.82, 2.24) is 0 Å². The molecule has 0 aromatic heterocycles. The minimum Gasteiger partial charge on any atom is -0.198 e. The van der Waals surface area contributed by atoms with Crippen molar-refractivity contribution in [2.45, 2.75) is 13.8 Å². The van der Waals surface area contributed by atoms with E-state index in [0.717, 1.165) is 5.56 Å². The van der Waals surface area contributed by atoms with E-state index >= 15 is 0 Å². The number of nitriles is 3. The molecule has 0 heterocycles. The first-order chi connectivity index (χ1) is 6.35. The number of hydrogen-bond acceptors (Lipinski definition) is 3. The molecule has 0 atom stereocenters. The lowest BCUT2D eigenvalue weighted by molar-refractivity contribution is 1.26. The van der Waals surface area contributed by atoms with Gasteiger partial charge in [-0.25, -0.2) is 0 Å². The molecule has 0 fully saturated rings. The van der Waals surface area contributed by atoms with Gasteiger partial charge in [-0.3, -0.25) is 0 Å². The normalized spacial score (nSPS) is 6.07. The Morgan fingerprint density at radius 2 is 1.43 bits per heavy atom. The molecule has 0 saturated heterocycles. The monoisotopic (exact) mass is 185 g/mol. The maximum absolute atomic E-state index is 8.27. The highest BCUT2D eigenvalue weighted by Crippen LogP contribution is 1.96. The Morgan fingerprint density at radius 1 is 0.929 bits per heavy atom. The standard InChI is InChI=1S/C8H7N.C2N2.CH4/c9-7-6-8-4-2-1-3-5-8;3-1-2-4;/h1-5H,6H2;;1H4. The Labute approximate surface area is 84.4 Å². The van der Waals surface area contributed by atoms with E-state index in [1.165, 1.54) is 12.1 Å². The van der Waals surface area contributed by atoms with Gasteiger partial charge in [0.2, 0.25) is 0 Å². The van der Waals surface area contributed by atoms with Gasteiger partial charge in [-0.15, -0.1) is 0 Å². The molecule has 0 unspecified atom stereocenters. The molecule has 3 heteroatoms. The van der Waals surface area contributed by atoms with Gasteiger partial charge < -0.3 is 0 Å². The molecule has 14 heavy (non-hydrogen) atoms. The predicted octanol–water partition coefficient (Wildman–Crippen LogP) is 2.42. The molecule has 0 bridgehead atoms. The molecule has 70 valence electrons. The van der Waals surface area contributed by atoms with Gasteiger partial charge in [0.05, 0.1) is 12.5 Å². The minimum atomic E-state index is 0. The number of hydrogen-bond donors (Lipinski definition) is 0. The smallest absolute Gasteiger partial charge is 0.181 e. The fourth-order valence-corrected chi connectivity index (χ4v) is 0.687. The summed E-state index contributed by atoms with van der Waals surface area (Å²) >= 11 is 0. The summed E-state index contributed by atoms with van der Waals surface area (Å²) in [6.45, 7) is 0. The molecule has 1 aromatic carbocycles. The topological polar surface area (TPSA) is 71.4 Å². The van der Waals surface area contributed by atoms with Crippen LogP contribution in [0.3, 0.4) is 0 Å². The molecule has 0 radical (unpaired) electrons. The van der Waals surface area contributed by atoms with Crippen LogP contribution in [-0.4, -0.2) is 0 Å². The summed E-state index contributed by atoms with van der Waals surface area (Å²) < 4.78 is 0. The highest BCUT2D eigenvalue weighted by atomic mass is 14.3. The van der Waals surface area contributed by atoms with E-state index in [2.05, 4.69) is 6.07 Å². The van der Waals surface area contributed by atoms with Crippen molar-refractivity contribution < 1.29 is 0 Å². The SMILES string of the molecule is C.N#CC#N.N#CCc1ccccc1. The van der Waals surface area contributed by atoms with Gasteiger partial charge in [-0.2, -0.15) is 15.8 Å². The predicted molar refractivity (Wildman–Crippen MR) is 53.7 cm³/mol. The fraction of sp³-hybridized carbons (Fsp3) is 0.182. The van der Waals surface area contributed by atoms with E-state index in [9.17, 15) is 0 Å². The summed E-state index contributed by atoms with van der Waals surface area (Å²) in [6, 6.07) is 14.3. The van der Waals surface area contributed by atoms with E-state index in [0.29, 0.717) is 6.42 Å². The molecule has 0 aliphatic rings. The Balaban J connectivity index is 0. The van der Waals surface area contributed by atoms with E-state index < -0.39 is 0 Å². The second-order valence-corrected chi connectivity index (χ2v) is 2.04. The maximum atomic E-state index is 8.27. The first kappa shape index (κ1) is 14.2. The van der Waals surface area contributed by atoms with Crippen molar-refractivity contribution in [3.8, 4) is 18.2 Å². The van der Waals surface area contributed by atoms with Crippen LogP contribution in [0.4, 0.5) is 0 Å². The highest BCUT2D eigenvalue weighted by molar-refractivity contribution is 5.17. The first-order valence-electron chi connectivity index (χ1n) is 3.54. The van der Waals surface area contributed by atoms with Crippen molar-refractivity contribution in [3.05, 3.63) is 35.9 Å². The van der Waals surface area contributed by atoms with Crippen LogP contribution in [0.5, 0.6) is 0 Å². The summed E-state index contributed by atoms with van der Waals surface area (Å²) in [5, 5.41) is 22.8. The van der Waals surface area contributed by atoms with Crippen LogP contribution in [0.2, 0.25) is 0 Å². The van der Waals surface area contributed by atoms with Crippen LogP contribution in [0.15, 0.2) is 30.3 Å². The Hall–Kier alpha value is -2.31. The Kier molecular flexibility index (Phi) is 10.9. The fourth-order valence-electron chi connectivity index (χ4n) is 0.687. The van der Waals surface area contributed by atoms with Crippen LogP contribution in [0.1, 0.15) is 13.0 Å². The van der Waals surface area contributed by atoms with Gasteiger partial charge in [-0.1, -0.05) is 37.8 Å². The summed E-state index contributed by atoms with van der Waals surface area (Å²) in [7, 11) is 0. The largest absolute Gasteiger partial charge is 0.198 e. The van der Waals surface area contributed by atoms with Gasteiger partial charge >= 0.3 is 0 Å². The third-order valence-electron chi connectivity index (χ3n) is 1.18. The number of rotatable bonds is 1. The molecule has 1 rings (SSSR count). The highest BCUT2D eigenvalue weighted by Gasteiger charge is 1.84. The van der Waals surface area contributed by atoms with Crippen LogP contribution in [0.25, 0.3) is 0 Å². The molecule has 0 saturated carbocycles. The van der Waals surface area contributed by atoms with E-state index in [1.54, 1.807) is 0 Å². The van der Waals surface area contributed by atoms with Crippen molar-refractivity contribution in [1.29, 1.82) is 15.8 Å². The minimum absolute atomic E-state index is 0. The van der Waals surface area contributed by atoms with Crippen LogP contribution < -0.4 is 0 Å². The van der Waals surface area contributed by atoms with Gasteiger partial charge in [0, 0.05) is 0 Å². The third-order valence-corrected chi connectivity index (χ3v) is 1.18. The van der Waals surface area contributed by atoms with E-state index in [4.69, 9.17) is 15.8 Å². The average Bonchev–Trinajstić information content (AvgIpc) is 2.20. The average molecular weight is 185 g/mol. The molecule has 3 nitrogen and oxygen atoms in total. The van der Waals surface area contributed by atoms with Gasteiger partial charge in [0.25, 0.3) is 0 Å². The quantitative estimate of drug-likeness (QED) is 0.674. The Bertz CT molecular complexity index is 337. The zero-order valence-corrected chi connectivity index (χ0v) is 6.94. The van der Waals surface area contributed by atoms with Gasteiger partial charge in [0.15, 0.2) is 12.1 Å². The van der Waals surface area contributed by atoms with Crippen molar-refractivity contribution in [2.24, 2.45) is 0 Å². The molecule has 1 aromatic rings. The number of nitrogens with zero attached hydrogens (tertiary/aromatic N) is 3. The van der Waals surface area contributed by atoms with Crippen LogP contribution in [0, 0.1) is 34.0 Å². The molecule has 0 aliphatic carbocycles. The van der Waals surface area contributed by atoms with Crippen molar-refractivity contribution >= 4 is 0 Å². The van der Waals surface area contributed by atoms with Crippen LogP contribution >= 0.6 is 0 Å². The summed E-state index contributed by atoms with van der Waals surface area (Å²) in [6.07, 6.45) is 0.515. The second kappa shape index (κ2) is 10.7.